The van der Waals surface area contributed by atoms with Crippen molar-refractivity contribution in [1.29, 1.82) is 0 Å². The Morgan fingerprint density at radius 1 is 1.13 bits per heavy atom. The summed E-state index contributed by atoms with van der Waals surface area (Å²) in [5, 5.41) is 14.9. The highest BCUT2D eigenvalue weighted by Gasteiger charge is 2.35. The Balaban J connectivity index is 1.27. The topological polar surface area (TPSA) is 89.4 Å². The van der Waals surface area contributed by atoms with Crippen molar-refractivity contribution in [3.05, 3.63) is 94.9 Å². The lowest BCUT2D eigenvalue weighted by Crippen LogP contribution is -3.13. The molecular formula is C30H32FN4O3+. The minimum absolute atomic E-state index is 0.180. The first kappa shape index (κ1) is 24.5. The first-order valence-electron chi connectivity index (χ1n) is 13.2. The van der Waals surface area contributed by atoms with Gasteiger partial charge in [-0.1, -0.05) is 30.3 Å². The predicted molar refractivity (Wildman–Crippen MR) is 141 cm³/mol. The van der Waals surface area contributed by atoms with Gasteiger partial charge >= 0.3 is 0 Å². The number of fused-ring (bicyclic) bond motifs is 3. The molecule has 0 radical (unpaired) electrons. The summed E-state index contributed by atoms with van der Waals surface area (Å²) in [5.74, 6) is -0.404. The number of aromatic amines is 1. The highest BCUT2D eigenvalue weighted by Crippen LogP contribution is 2.33. The molecule has 0 unspecified atom stereocenters. The van der Waals surface area contributed by atoms with Crippen LogP contribution in [0.15, 0.2) is 66.7 Å². The normalized spacial score (nSPS) is 19.9. The van der Waals surface area contributed by atoms with E-state index in [1.807, 2.05) is 53.8 Å². The fourth-order valence-corrected chi connectivity index (χ4v) is 6.11. The number of nitrogens with two attached hydrogens (primary N) is 1. The number of H-pyrrole nitrogens is 1. The second kappa shape index (κ2) is 10.1. The average molecular weight is 516 g/mol. The molecule has 2 aliphatic rings. The number of carboxylic acids is 1. The molecule has 3 heterocycles. The van der Waals surface area contributed by atoms with Crippen molar-refractivity contribution in [3.63, 3.8) is 0 Å². The van der Waals surface area contributed by atoms with Gasteiger partial charge in [-0.3, -0.25) is 0 Å². The molecular weight excluding hydrogens is 483 g/mol. The van der Waals surface area contributed by atoms with Gasteiger partial charge in [0.15, 0.2) is 6.04 Å². The van der Waals surface area contributed by atoms with Gasteiger partial charge in [-0.2, -0.15) is 0 Å². The summed E-state index contributed by atoms with van der Waals surface area (Å²) in [7, 11) is 1.68. The second-order valence-electron chi connectivity index (χ2n) is 10.3. The molecule has 0 bridgehead atoms. The molecule has 8 heteroatoms. The van der Waals surface area contributed by atoms with Crippen molar-refractivity contribution in [2.24, 2.45) is 0 Å². The number of ether oxygens (including phenoxy) is 1. The third kappa shape index (κ3) is 4.50. The Hall–Kier alpha value is -3.88. The van der Waals surface area contributed by atoms with E-state index in [1.54, 1.807) is 13.2 Å². The number of methoxy groups -OCH3 is 1. The lowest BCUT2D eigenvalue weighted by Gasteiger charge is -2.34. The molecule has 0 saturated carbocycles. The van der Waals surface area contributed by atoms with E-state index in [9.17, 15) is 14.3 Å². The van der Waals surface area contributed by atoms with Gasteiger partial charge in [0.05, 0.1) is 50.6 Å². The predicted octanol–water partition coefficient (Wildman–Crippen LogP) is 0.548. The standard InChI is InChI=1S/C30H31FN4O3/c1-38-27-11-10-19(16-20(27)18-34-12-14-35(15-13-34)26-9-5-3-7-23(26)31)28-29-22(17-25(33-28)30(36)37)21-6-2-4-8-24(21)32-29/h2-11,16,25,28,32-33H,12-15,17-18H2,1H3,(H,36,37)/p+1/t25-,28-/m1/s1. The molecule has 4 N–H and O–H groups in total. The zero-order valence-electron chi connectivity index (χ0n) is 21.4. The molecule has 7 nitrogen and oxygen atoms in total. The number of halogens is 1. The molecule has 2 atom stereocenters. The van der Waals surface area contributed by atoms with E-state index >= 15 is 0 Å². The van der Waals surface area contributed by atoms with Gasteiger partial charge in [0.25, 0.3) is 0 Å². The van der Waals surface area contributed by atoms with Gasteiger partial charge in [-0.15, -0.1) is 0 Å². The molecule has 3 aromatic carbocycles. The van der Waals surface area contributed by atoms with E-state index in [0.29, 0.717) is 12.1 Å². The molecule has 196 valence electrons. The third-order valence-electron chi connectivity index (χ3n) is 8.08. The number of piperazine rings is 1. The number of nitrogens with zero attached hydrogens (tertiary/aromatic N) is 1. The summed E-state index contributed by atoms with van der Waals surface area (Å²) < 4.78 is 20.0. The number of nitrogens with one attached hydrogen (secondary N) is 2. The van der Waals surface area contributed by atoms with Crippen molar-refractivity contribution < 1.29 is 29.2 Å². The maximum absolute atomic E-state index is 14.3. The Labute approximate surface area is 220 Å². The van der Waals surface area contributed by atoms with Crippen molar-refractivity contribution in [2.45, 2.75) is 25.0 Å². The number of hydrogen-bond acceptors (Lipinski definition) is 4. The van der Waals surface area contributed by atoms with Crippen molar-refractivity contribution >= 4 is 22.6 Å². The number of para-hydroxylation sites is 2. The van der Waals surface area contributed by atoms with Crippen LogP contribution in [0.1, 0.15) is 28.4 Å². The number of carbonyl (C=O) groups excluding carboxylic acids is 1. The van der Waals surface area contributed by atoms with Crippen LogP contribution in [0.25, 0.3) is 10.9 Å². The van der Waals surface area contributed by atoms with Crippen LogP contribution in [0, 0.1) is 5.82 Å². The third-order valence-corrected chi connectivity index (χ3v) is 8.08. The number of carboxylic acid groups (broad SMARTS) is 1. The number of anilines is 1. The molecule has 0 amide bonds. The molecule has 4 aromatic rings. The summed E-state index contributed by atoms with van der Waals surface area (Å²) in [6.45, 7) is 4.10. The first-order chi connectivity index (χ1) is 18.5. The Bertz CT molecular complexity index is 1480. The van der Waals surface area contributed by atoms with Crippen LogP contribution in [0.5, 0.6) is 5.75 Å². The fourth-order valence-electron chi connectivity index (χ4n) is 6.11. The van der Waals surface area contributed by atoms with Crippen LogP contribution < -0.4 is 25.0 Å². The van der Waals surface area contributed by atoms with Crippen molar-refractivity contribution in [1.82, 2.24) is 4.98 Å². The second-order valence-corrected chi connectivity index (χ2v) is 10.3. The minimum atomic E-state index is -1.04. The number of aromatic nitrogens is 1. The summed E-state index contributed by atoms with van der Waals surface area (Å²) >= 11 is 0. The number of carbonyl (C=O) groups is 1. The van der Waals surface area contributed by atoms with Crippen LogP contribution in [-0.2, 0) is 17.8 Å². The van der Waals surface area contributed by atoms with Gasteiger partial charge in [-0.25, -0.2) is 4.39 Å². The van der Waals surface area contributed by atoms with E-state index in [-0.39, 0.29) is 11.9 Å². The summed E-state index contributed by atoms with van der Waals surface area (Å²) in [5.41, 5.74) is 5.89. The highest BCUT2D eigenvalue weighted by molar-refractivity contribution is 5.86. The Morgan fingerprint density at radius 3 is 2.66 bits per heavy atom. The molecule has 38 heavy (non-hydrogen) atoms. The summed E-state index contributed by atoms with van der Waals surface area (Å²) in [4.78, 5) is 19.1. The average Bonchev–Trinajstić information content (AvgIpc) is 3.32. The van der Waals surface area contributed by atoms with E-state index < -0.39 is 12.0 Å². The molecule has 1 saturated heterocycles. The lowest BCUT2D eigenvalue weighted by molar-refractivity contribution is -0.914. The van der Waals surface area contributed by atoms with E-state index in [4.69, 9.17) is 4.74 Å². The zero-order valence-corrected chi connectivity index (χ0v) is 21.4. The van der Waals surface area contributed by atoms with Crippen LogP contribution >= 0.6 is 0 Å². The lowest BCUT2D eigenvalue weighted by atomic mass is 9.89. The van der Waals surface area contributed by atoms with Crippen molar-refractivity contribution in [3.8, 4) is 5.75 Å². The fraction of sp³-hybridized carbons (Fsp3) is 0.300. The number of rotatable bonds is 6. The molecule has 1 fully saturated rings. The van der Waals surface area contributed by atoms with Crippen LogP contribution in [0.3, 0.4) is 0 Å². The molecule has 0 spiro atoms. The zero-order chi connectivity index (χ0) is 26.2. The van der Waals surface area contributed by atoms with E-state index in [2.05, 4.69) is 16.0 Å². The smallest absolute Gasteiger partial charge is 0.153 e. The minimum Gasteiger partial charge on any atom is -0.544 e. The number of quaternary nitrogens is 2. The molecule has 2 aliphatic heterocycles. The quantitative estimate of drug-likeness (QED) is 0.350. The largest absolute Gasteiger partial charge is 0.544 e. The first-order valence-corrected chi connectivity index (χ1v) is 13.2. The van der Waals surface area contributed by atoms with Crippen LogP contribution in [0.2, 0.25) is 0 Å². The van der Waals surface area contributed by atoms with Crippen LogP contribution in [0.4, 0.5) is 10.1 Å². The van der Waals surface area contributed by atoms with E-state index in [1.165, 1.54) is 11.0 Å². The molecule has 0 aliphatic carbocycles. The number of benzene rings is 3. The Morgan fingerprint density at radius 2 is 1.89 bits per heavy atom. The number of hydrogen-bond donors (Lipinski definition) is 3. The summed E-state index contributed by atoms with van der Waals surface area (Å²) in [6, 6.07) is 20.3. The summed E-state index contributed by atoms with van der Waals surface area (Å²) in [6.07, 6.45) is 0.428. The number of aliphatic carboxylic acids is 1. The highest BCUT2D eigenvalue weighted by atomic mass is 19.1. The molecule has 1 aromatic heterocycles. The maximum atomic E-state index is 14.3. The van der Waals surface area contributed by atoms with Gasteiger partial charge in [0, 0.05) is 28.5 Å². The van der Waals surface area contributed by atoms with Gasteiger partial charge in [-0.05, 0) is 42.0 Å². The Kier molecular flexibility index (Phi) is 6.51. The molecule has 6 rings (SSSR count). The van der Waals surface area contributed by atoms with Gasteiger partial charge < -0.3 is 34.7 Å². The van der Waals surface area contributed by atoms with E-state index in [0.717, 1.165) is 71.8 Å². The maximum Gasteiger partial charge on any atom is 0.153 e. The SMILES string of the molecule is COc1ccc([C@H]2[NH2+][C@@H](C(=O)[O-])Cc3c2[nH]c2ccccc32)cc1C[NH+]1CCN(c2ccccc2F)CC1. The van der Waals surface area contributed by atoms with Crippen molar-refractivity contribution in [2.75, 3.05) is 38.2 Å². The van der Waals surface area contributed by atoms with Crippen LogP contribution in [-0.4, -0.2) is 50.3 Å². The monoisotopic (exact) mass is 515 g/mol. The van der Waals surface area contributed by atoms with Gasteiger partial charge in [0.2, 0.25) is 0 Å². The van der Waals surface area contributed by atoms with Gasteiger partial charge in [0.1, 0.15) is 24.2 Å².